The molecule has 1 aliphatic carbocycles. The second-order valence-corrected chi connectivity index (χ2v) is 4.65. The molecule has 0 saturated carbocycles. The van der Waals surface area contributed by atoms with E-state index in [-0.39, 0.29) is 11.8 Å². The molecule has 0 saturated heterocycles. The number of aromatic nitrogens is 2. The number of nitrogens with two attached hydrogens (primary N) is 1. The lowest BCUT2D eigenvalue weighted by Gasteiger charge is -2.20. The molecule has 1 aromatic carbocycles. The number of aryl methyl sites for hydroxylation is 1. The molecule has 1 aliphatic rings. The molecule has 3 N–H and O–H groups in total. The topological polar surface area (TPSA) is 72.0 Å². The lowest BCUT2D eigenvalue weighted by Crippen LogP contribution is -2.19. The highest BCUT2D eigenvalue weighted by Crippen LogP contribution is 2.28. The summed E-state index contributed by atoms with van der Waals surface area (Å²) in [7, 11) is 0. The van der Waals surface area contributed by atoms with E-state index in [1.807, 2.05) is 18.3 Å². The molecule has 0 spiro atoms. The van der Waals surface area contributed by atoms with Crippen LogP contribution >= 0.6 is 0 Å². The third kappa shape index (κ3) is 1.95. The average molecular weight is 241 g/mol. The van der Waals surface area contributed by atoms with Gasteiger partial charge in [-0.2, -0.15) is 0 Å². The van der Waals surface area contributed by atoms with Gasteiger partial charge in [-0.3, -0.25) is 0 Å². The van der Waals surface area contributed by atoms with Crippen LogP contribution in [0.2, 0.25) is 0 Å². The smallest absolute Gasteiger partial charge is 0.159 e. The van der Waals surface area contributed by atoms with Crippen molar-refractivity contribution in [2.24, 2.45) is 5.73 Å². The summed E-state index contributed by atoms with van der Waals surface area (Å²) < 4.78 is 0. The van der Waals surface area contributed by atoms with Crippen LogP contribution in [0.1, 0.15) is 30.1 Å². The Labute approximate surface area is 106 Å². The standard InChI is InChI=1S/C14H15N3O/c15-12-3-1-2-10-8-16-14(17-13(10)12)9-4-6-11(18)7-5-9/h4-8,12,18H,1-3,15H2. The molecule has 0 aliphatic heterocycles. The molecule has 92 valence electrons. The van der Waals surface area contributed by atoms with Gasteiger partial charge in [0.1, 0.15) is 5.75 Å². The SMILES string of the molecule is NC1CCCc2cnc(-c3ccc(O)cc3)nc21. The number of phenols is 1. The Morgan fingerprint density at radius 3 is 2.78 bits per heavy atom. The molecule has 2 aromatic rings. The van der Waals surface area contributed by atoms with Gasteiger partial charge in [0, 0.05) is 17.8 Å². The maximum absolute atomic E-state index is 9.28. The lowest BCUT2D eigenvalue weighted by molar-refractivity contribution is 0.475. The first-order chi connectivity index (χ1) is 8.74. The molecular formula is C14H15N3O. The fourth-order valence-corrected chi connectivity index (χ4v) is 2.33. The van der Waals surface area contributed by atoms with Crippen LogP contribution in [0.15, 0.2) is 30.5 Å². The number of hydrogen-bond donors (Lipinski definition) is 2. The van der Waals surface area contributed by atoms with E-state index in [0.717, 1.165) is 36.1 Å². The predicted octanol–water partition coefficient (Wildman–Crippen LogP) is 2.19. The number of benzene rings is 1. The van der Waals surface area contributed by atoms with Gasteiger partial charge in [0.05, 0.1) is 5.69 Å². The zero-order valence-electron chi connectivity index (χ0n) is 10.0. The minimum Gasteiger partial charge on any atom is -0.508 e. The van der Waals surface area contributed by atoms with Crippen molar-refractivity contribution in [3.8, 4) is 17.1 Å². The molecule has 4 nitrogen and oxygen atoms in total. The number of nitrogens with zero attached hydrogens (tertiary/aromatic N) is 2. The first-order valence-corrected chi connectivity index (χ1v) is 6.15. The molecule has 0 fully saturated rings. The molecular weight excluding hydrogens is 226 g/mol. The molecule has 1 unspecified atom stereocenters. The maximum Gasteiger partial charge on any atom is 0.159 e. The Hall–Kier alpha value is -1.94. The summed E-state index contributed by atoms with van der Waals surface area (Å²) in [6, 6.07) is 6.92. The molecule has 18 heavy (non-hydrogen) atoms. The Balaban J connectivity index is 2.03. The summed E-state index contributed by atoms with van der Waals surface area (Å²) in [5, 5.41) is 9.28. The summed E-state index contributed by atoms with van der Waals surface area (Å²) in [4.78, 5) is 8.95. The Morgan fingerprint density at radius 1 is 1.22 bits per heavy atom. The fourth-order valence-electron chi connectivity index (χ4n) is 2.33. The van der Waals surface area contributed by atoms with Gasteiger partial charge in [-0.05, 0) is 49.1 Å². The van der Waals surface area contributed by atoms with Crippen molar-refractivity contribution in [3.05, 3.63) is 41.7 Å². The summed E-state index contributed by atoms with van der Waals surface area (Å²) in [5.41, 5.74) is 9.12. The van der Waals surface area contributed by atoms with E-state index >= 15 is 0 Å². The zero-order chi connectivity index (χ0) is 12.5. The van der Waals surface area contributed by atoms with Crippen molar-refractivity contribution in [1.82, 2.24) is 9.97 Å². The normalized spacial score (nSPS) is 18.4. The zero-order valence-corrected chi connectivity index (χ0v) is 10.0. The summed E-state index contributed by atoms with van der Waals surface area (Å²) in [6.45, 7) is 0. The van der Waals surface area contributed by atoms with Gasteiger partial charge in [-0.15, -0.1) is 0 Å². The summed E-state index contributed by atoms with van der Waals surface area (Å²) >= 11 is 0. The third-order valence-corrected chi connectivity index (χ3v) is 3.34. The van der Waals surface area contributed by atoms with Crippen molar-refractivity contribution in [2.45, 2.75) is 25.3 Å². The van der Waals surface area contributed by atoms with Crippen LogP contribution < -0.4 is 5.73 Å². The number of aromatic hydroxyl groups is 1. The fraction of sp³-hybridized carbons (Fsp3) is 0.286. The average Bonchev–Trinajstić information content (AvgIpc) is 2.40. The Bertz CT molecular complexity index is 566. The molecule has 1 heterocycles. The first-order valence-electron chi connectivity index (χ1n) is 6.15. The number of rotatable bonds is 1. The van der Waals surface area contributed by atoms with Crippen LogP contribution in [0, 0.1) is 0 Å². The largest absolute Gasteiger partial charge is 0.508 e. The molecule has 1 aromatic heterocycles. The van der Waals surface area contributed by atoms with Gasteiger partial charge in [0.15, 0.2) is 5.82 Å². The molecule has 3 rings (SSSR count). The monoisotopic (exact) mass is 241 g/mol. The molecule has 0 radical (unpaired) electrons. The van der Waals surface area contributed by atoms with E-state index in [4.69, 9.17) is 5.73 Å². The van der Waals surface area contributed by atoms with Gasteiger partial charge in [-0.25, -0.2) is 9.97 Å². The Morgan fingerprint density at radius 2 is 2.00 bits per heavy atom. The number of fused-ring (bicyclic) bond motifs is 1. The second kappa shape index (κ2) is 4.38. The third-order valence-electron chi connectivity index (χ3n) is 3.34. The van der Waals surface area contributed by atoms with Gasteiger partial charge in [-0.1, -0.05) is 0 Å². The van der Waals surface area contributed by atoms with Crippen LogP contribution in [-0.4, -0.2) is 15.1 Å². The lowest BCUT2D eigenvalue weighted by atomic mass is 9.93. The first kappa shape index (κ1) is 11.2. The second-order valence-electron chi connectivity index (χ2n) is 4.65. The number of hydrogen-bond acceptors (Lipinski definition) is 4. The van der Waals surface area contributed by atoms with Crippen LogP contribution in [0.25, 0.3) is 11.4 Å². The van der Waals surface area contributed by atoms with E-state index in [2.05, 4.69) is 9.97 Å². The highest BCUT2D eigenvalue weighted by molar-refractivity contribution is 5.56. The van der Waals surface area contributed by atoms with Crippen LogP contribution in [0.3, 0.4) is 0 Å². The van der Waals surface area contributed by atoms with Crippen LogP contribution in [-0.2, 0) is 6.42 Å². The molecule has 4 heteroatoms. The van der Waals surface area contributed by atoms with E-state index in [9.17, 15) is 5.11 Å². The van der Waals surface area contributed by atoms with Gasteiger partial charge in [0.25, 0.3) is 0 Å². The molecule has 0 amide bonds. The van der Waals surface area contributed by atoms with Gasteiger partial charge < -0.3 is 10.8 Å². The quantitative estimate of drug-likeness (QED) is 0.802. The van der Waals surface area contributed by atoms with E-state index in [0.29, 0.717) is 5.82 Å². The van der Waals surface area contributed by atoms with Crippen molar-refractivity contribution >= 4 is 0 Å². The predicted molar refractivity (Wildman–Crippen MR) is 69.0 cm³/mol. The summed E-state index contributed by atoms with van der Waals surface area (Å²) in [5.74, 6) is 0.916. The highest BCUT2D eigenvalue weighted by Gasteiger charge is 2.19. The van der Waals surface area contributed by atoms with Gasteiger partial charge >= 0.3 is 0 Å². The van der Waals surface area contributed by atoms with Crippen molar-refractivity contribution in [3.63, 3.8) is 0 Å². The van der Waals surface area contributed by atoms with Crippen molar-refractivity contribution < 1.29 is 5.11 Å². The van der Waals surface area contributed by atoms with Crippen LogP contribution in [0.5, 0.6) is 5.75 Å². The number of phenolic OH excluding ortho intramolecular Hbond substituents is 1. The van der Waals surface area contributed by atoms with E-state index in [1.54, 1.807) is 12.1 Å². The van der Waals surface area contributed by atoms with Crippen molar-refractivity contribution in [2.75, 3.05) is 0 Å². The Kier molecular flexibility index (Phi) is 2.72. The maximum atomic E-state index is 9.28. The van der Waals surface area contributed by atoms with Gasteiger partial charge in [0.2, 0.25) is 0 Å². The van der Waals surface area contributed by atoms with Crippen LogP contribution in [0.4, 0.5) is 0 Å². The minimum atomic E-state index is 0.0209. The summed E-state index contributed by atoms with van der Waals surface area (Å²) in [6.07, 6.45) is 4.98. The van der Waals surface area contributed by atoms with E-state index < -0.39 is 0 Å². The minimum absolute atomic E-state index is 0.0209. The van der Waals surface area contributed by atoms with E-state index in [1.165, 1.54) is 0 Å². The van der Waals surface area contributed by atoms with Crippen molar-refractivity contribution in [1.29, 1.82) is 0 Å². The molecule has 0 bridgehead atoms. The molecule has 1 atom stereocenters. The highest BCUT2D eigenvalue weighted by atomic mass is 16.3.